The van der Waals surface area contributed by atoms with Crippen LogP contribution in [0.2, 0.25) is 0 Å². The zero-order chi connectivity index (χ0) is 17.9. The highest BCUT2D eigenvalue weighted by molar-refractivity contribution is 6.01. The molecule has 5 heteroatoms. The molecule has 2 rings (SSSR count). The van der Waals surface area contributed by atoms with Crippen molar-refractivity contribution in [3.63, 3.8) is 0 Å². The predicted octanol–water partition coefficient (Wildman–Crippen LogP) is 3.47. The van der Waals surface area contributed by atoms with Crippen LogP contribution in [-0.2, 0) is 6.42 Å². The fourth-order valence-electron chi connectivity index (χ4n) is 2.18. The number of carboxylic acid groups (broad SMARTS) is 2. The molecular weight excluding hydrogens is 308 g/mol. The summed E-state index contributed by atoms with van der Waals surface area (Å²) in [6, 6.07) is 15.6. The predicted molar refractivity (Wildman–Crippen MR) is 91.4 cm³/mol. The van der Waals surface area contributed by atoms with Gasteiger partial charge >= 0.3 is 11.9 Å². The Kier molecular flexibility index (Phi) is 8.22. The summed E-state index contributed by atoms with van der Waals surface area (Å²) in [7, 11) is 0. The van der Waals surface area contributed by atoms with Gasteiger partial charge in [0.1, 0.15) is 0 Å². The van der Waals surface area contributed by atoms with Gasteiger partial charge in [0.2, 0.25) is 0 Å². The van der Waals surface area contributed by atoms with Crippen LogP contribution in [0.3, 0.4) is 0 Å². The lowest BCUT2D eigenvalue weighted by atomic mass is 10.1. The summed E-state index contributed by atoms with van der Waals surface area (Å²) in [5.41, 5.74) is 0.841. The van der Waals surface area contributed by atoms with Gasteiger partial charge < -0.3 is 15.3 Å². The molecule has 0 bridgehead atoms. The van der Waals surface area contributed by atoms with Crippen molar-refractivity contribution in [1.29, 1.82) is 0 Å². The van der Waals surface area contributed by atoms with Crippen molar-refractivity contribution in [2.45, 2.75) is 32.3 Å². The van der Waals surface area contributed by atoms with Crippen molar-refractivity contribution in [1.82, 2.24) is 0 Å². The summed E-state index contributed by atoms with van der Waals surface area (Å²) in [5, 5.41) is 26.6. The van der Waals surface area contributed by atoms with Crippen LogP contribution >= 0.6 is 0 Å². The van der Waals surface area contributed by atoms with E-state index in [1.807, 2.05) is 18.2 Å². The summed E-state index contributed by atoms with van der Waals surface area (Å²) >= 11 is 0. The lowest BCUT2D eigenvalue weighted by Crippen LogP contribution is -2.09. The molecule has 0 saturated carbocycles. The van der Waals surface area contributed by atoms with Crippen molar-refractivity contribution in [3.05, 3.63) is 71.3 Å². The molecule has 0 aliphatic carbocycles. The lowest BCUT2D eigenvalue weighted by molar-refractivity contribution is 0.0651. The fraction of sp³-hybridized carbons (Fsp3) is 0.263. The second-order valence-electron chi connectivity index (χ2n) is 5.29. The highest BCUT2D eigenvalue weighted by Gasteiger charge is 2.13. The van der Waals surface area contributed by atoms with Crippen LogP contribution in [0.5, 0.6) is 0 Å². The molecule has 3 N–H and O–H groups in total. The lowest BCUT2D eigenvalue weighted by Gasteiger charge is -2.08. The molecule has 0 heterocycles. The molecule has 0 aliphatic rings. The molecular formula is C19H22O5. The maximum Gasteiger partial charge on any atom is 0.336 e. The zero-order valence-electron chi connectivity index (χ0n) is 13.6. The summed E-state index contributed by atoms with van der Waals surface area (Å²) in [4.78, 5) is 20.9. The molecule has 0 spiro atoms. The minimum atomic E-state index is -1.23. The highest BCUT2D eigenvalue weighted by atomic mass is 16.4. The van der Waals surface area contributed by atoms with E-state index in [9.17, 15) is 14.7 Å². The van der Waals surface area contributed by atoms with Crippen LogP contribution in [0.15, 0.2) is 54.6 Å². The van der Waals surface area contributed by atoms with E-state index in [0.717, 1.165) is 19.3 Å². The third-order valence-electron chi connectivity index (χ3n) is 3.32. The minimum absolute atomic E-state index is 0.169. The van der Waals surface area contributed by atoms with Crippen LogP contribution in [0, 0.1) is 0 Å². The monoisotopic (exact) mass is 330 g/mol. The number of carbonyl (C=O) groups is 2. The molecule has 0 amide bonds. The van der Waals surface area contributed by atoms with E-state index in [0.29, 0.717) is 0 Å². The van der Waals surface area contributed by atoms with Crippen molar-refractivity contribution in [3.8, 4) is 0 Å². The van der Waals surface area contributed by atoms with E-state index in [1.165, 1.54) is 29.8 Å². The third-order valence-corrected chi connectivity index (χ3v) is 3.32. The van der Waals surface area contributed by atoms with Crippen LogP contribution in [0.25, 0.3) is 0 Å². The molecule has 0 aliphatic heterocycles. The molecule has 5 nitrogen and oxygen atoms in total. The zero-order valence-corrected chi connectivity index (χ0v) is 13.6. The van der Waals surface area contributed by atoms with Crippen LogP contribution in [0.1, 0.15) is 46.0 Å². The van der Waals surface area contributed by atoms with Gasteiger partial charge in [-0.05, 0) is 30.5 Å². The average molecular weight is 330 g/mol. The Morgan fingerprint density at radius 2 is 1.33 bits per heavy atom. The number of hydrogen-bond donors (Lipinski definition) is 3. The van der Waals surface area contributed by atoms with Crippen molar-refractivity contribution < 1.29 is 24.9 Å². The Morgan fingerprint density at radius 3 is 1.75 bits per heavy atom. The maximum atomic E-state index is 10.5. The molecule has 0 saturated heterocycles. The first-order chi connectivity index (χ1) is 11.5. The molecule has 0 aromatic heterocycles. The third kappa shape index (κ3) is 6.62. The SMILES string of the molecule is CCCC(O)Cc1ccccc1.O=C(O)c1ccccc1C(=O)O. The van der Waals surface area contributed by atoms with E-state index in [1.54, 1.807) is 0 Å². The van der Waals surface area contributed by atoms with E-state index in [-0.39, 0.29) is 17.2 Å². The maximum absolute atomic E-state index is 10.5. The van der Waals surface area contributed by atoms with Gasteiger partial charge in [0.25, 0.3) is 0 Å². The number of benzene rings is 2. The van der Waals surface area contributed by atoms with Gasteiger partial charge in [0, 0.05) is 0 Å². The van der Waals surface area contributed by atoms with Gasteiger partial charge in [-0.25, -0.2) is 9.59 Å². The summed E-state index contributed by atoms with van der Waals surface area (Å²) in [6.45, 7) is 2.09. The Morgan fingerprint density at radius 1 is 0.875 bits per heavy atom. The summed E-state index contributed by atoms with van der Waals surface area (Å²) in [5.74, 6) is -2.46. The average Bonchev–Trinajstić information content (AvgIpc) is 2.56. The number of aliphatic hydroxyl groups excluding tert-OH is 1. The van der Waals surface area contributed by atoms with Gasteiger partial charge in [-0.1, -0.05) is 55.8 Å². The highest BCUT2D eigenvalue weighted by Crippen LogP contribution is 2.08. The Labute approximate surface area is 141 Å². The van der Waals surface area contributed by atoms with E-state index < -0.39 is 11.9 Å². The van der Waals surface area contributed by atoms with Gasteiger partial charge in [0.05, 0.1) is 17.2 Å². The summed E-state index contributed by atoms with van der Waals surface area (Å²) < 4.78 is 0. The normalized spacial score (nSPS) is 11.1. The molecule has 2 aromatic carbocycles. The topological polar surface area (TPSA) is 94.8 Å². The quantitative estimate of drug-likeness (QED) is 0.754. The smallest absolute Gasteiger partial charge is 0.336 e. The molecule has 0 fully saturated rings. The van der Waals surface area contributed by atoms with Crippen LogP contribution in [-0.4, -0.2) is 33.4 Å². The Balaban J connectivity index is 0.000000240. The first-order valence-corrected chi connectivity index (χ1v) is 7.73. The van der Waals surface area contributed by atoms with Crippen molar-refractivity contribution in [2.24, 2.45) is 0 Å². The molecule has 1 unspecified atom stereocenters. The number of aliphatic hydroxyl groups is 1. The number of carboxylic acids is 2. The van der Waals surface area contributed by atoms with Crippen LogP contribution in [0.4, 0.5) is 0 Å². The minimum Gasteiger partial charge on any atom is -0.478 e. The van der Waals surface area contributed by atoms with E-state index in [4.69, 9.17) is 10.2 Å². The standard InChI is InChI=1S/C11H16O.C8H6O4/c1-2-6-11(12)9-10-7-4-3-5-8-10;9-7(10)5-3-1-2-4-6(5)8(11)12/h3-5,7-8,11-12H,2,6,9H2,1H3;1-4H,(H,9,10)(H,11,12). The Bertz CT molecular complexity index is 619. The number of aromatic carboxylic acids is 2. The molecule has 2 aromatic rings. The van der Waals surface area contributed by atoms with E-state index in [2.05, 4.69) is 19.1 Å². The number of hydrogen-bond acceptors (Lipinski definition) is 3. The van der Waals surface area contributed by atoms with Crippen LogP contribution < -0.4 is 0 Å². The van der Waals surface area contributed by atoms with Crippen molar-refractivity contribution >= 4 is 11.9 Å². The van der Waals surface area contributed by atoms with Gasteiger partial charge in [-0.2, -0.15) is 0 Å². The molecule has 1 atom stereocenters. The first-order valence-electron chi connectivity index (χ1n) is 7.73. The first kappa shape index (κ1) is 19.4. The fourth-order valence-corrected chi connectivity index (χ4v) is 2.18. The van der Waals surface area contributed by atoms with Gasteiger partial charge in [-0.15, -0.1) is 0 Å². The molecule has 24 heavy (non-hydrogen) atoms. The molecule has 0 radical (unpaired) electrons. The van der Waals surface area contributed by atoms with E-state index >= 15 is 0 Å². The second kappa shape index (κ2) is 10.2. The number of rotatable bonds is 6. The molecule has 128 valence electrons. The van der Waals surface area contributed by atoms with Gasteiger partial charge in [-0.3, -0.25) is 0 Å². The van der Waals surface area contributed by atoms with Crippen molar-refractivity contribution in [2.75, 3.05) is 0 Å². The summed E-state index contributed by atoms with van der Waals surface area (Å²) in [6.07, 6.45) is 2.56. The largest absolute Gasteiger partial charge is 0.478 e. The van der Waals surface area contributed by atoms with Gasteiger partial charge in [0.15, 0.2) is 0 Å². The second-order valence-corrected chi connectivity index (χ2v) is 5.29. The Hall–Kier alpha value is -2.66.